The van der Waals surface area contributed by atoms with Gasteiger partial charge in [0.05, 0.1) is 58.2 Å². The second kappa shape index (κ2) is 19.3. The summed E-state index contributed by atoms with van der Waals surface area (Å²) >= 11 is 0. The van der Waals surface area contributed by atoms with Crippen LogP contribution in [0.25, 0.3) is 11.3 Å². The Morgan fingerprint density at radius 3 is 2.67 bits per heavy atom. The number of benzene rings is 2. The van der Waals surface area contributed by atoms with Crippen LogP contribution in [0.4, 0.5) is 23.1 Å². The number of anilines is 4. The number of fused-ring (bicyclic) bond motifs is 2. The summed E-state index contributed by atoms with van der Waals surface area (Å²) < 4.78 is 19.0. The molecule has 4 aliphatic rings. The molecule has 3 atom stereocenters. The summed E-state index contributed by atoms with van der Waals surface area (Å²) in [5.74, 6) is 7.10. The van der Waals surface area contributed by atoms with Crippen molar-refractivity contribution in [2.75, 3.05) is 55.7 Å². The number of rotatable bonds is 16. The van der Waals surface area contributed by atoms with Gasteiger partial charge in [-0.25, -0.2) is 9.67 Å². The minimum absolute atomic E-state index is 0.0739. The van der Waals surface area contributed by atoms with E-state index >= 15 is 0 Å². The molecule has 1 saturated heterocycles. The first-order valence-electron chi connectivity index (χ1n) is 21.6. The highest BCUT2D eigenvalue weighted by molar-refractivity contribution is 6.06. The molecular formula is C45H53N11O7. The monoisotopic (exact) mass is 859 g/mol. The van der Waals surface area contributed by atoms with Crippen LogP contribution in [0.1, 0.15) is 79.8 Å². The fourth-order valence-corrected chi connectivity index (χ4v) is 8.71. The number of carbonyl (C=O) groups excluding carboxylic acids is 4. The van der Waals surface area contributed by atoms with Crippen LogP contribution < -0.4 is 30.9 Å². The Kier molecular flexibility index (Phi) is 13.3. The fraction of sp³-hybridized carbons (Fsp3) is 0.467. The van der Waals surface area contributed by atoms with Crippen molar-refractivity contribution in [2.24, 2.45) is 5.73 Å². The molecule has 5 heterocycles. The molecular weight excluding hydrogens is 807 g/mol. The van der Waals surface area contributed by atoms with E-state index in [0.29, 0.717) is 92.1 Å². The topological polar surface area (TPSA) is 212 Å². The average molecular weight is 860 g/mol. The zero-order valence-electron chi connectivity index (χ0n) is 35.8. The van der Waals surface area contributed by atoms with E-state index in [1.54, 1.807) is 42.1 Å². The van der Waals surface area contributed by atoms with Gasteiger partial charge in [0.25, 0.3) is 5.91 Å². The minimum Gasteiger partial charge on any atom is -0.495 e. The Morgan fingerprint density at radius 1 is 1.05 bits per heavy atom. The first kappa shape index (κ1) is 43.2. The van der Waals surface area contributed by atoms with Gasteiger partial charge in [-0.1, -0.05) is 49.0 Å². The van der Waals surface area contributed by atoms with E-state index in [0.717, 1.165) is 42.6 Å². The SMILES string of the molecule is CC[C@@H]1C(=O)N(C)c2cnc(Nc3ccc(-c4cn(CCOCCOC[C@@H](N)CC#Cc5cccc6c5CN(C5CCC(=O)NC5=O)C6=O)nn4)cc3OC)nc2N1C1CCCC1. The third-order valence-corrected chi connectivity index (χ3v) is 12.0. The summed E-state index contributed by atoms with van der Waals surface area (Å²) in [7, 11) is 3.40. The number of nitrogens with two attached hydrogens (primary N) is 1. The highest BCUT2D eigenvalue weighted by Gasteiger charge is 2.42. The largest absolute Gasteiger partial charge is 0.495 e. The normalized spacial score (nSPS) is 19.1. The predicted molar refractivity (Wildman–Crippen MR) is 233 cm³/mol. The zero-order valence-corrected chi connectivity index (χ0v) is 35.8. The molecule has 2 aromatic carbocycles. The van der Waals surface area contributed by atoms with Crippen molar-refractivity contribution in [3.8, 4) is 28.8 Å². The molecule has 18 heteroatoms. The lowest BCUT2D eigenvalue weighted by molar-refractivity contribution is -0.137. The van der Waals surface area contributed by atoms with Crippen LogP contribution in [0.5, 0.6) is 5.75 Å². The number of imide groups is 1. The molecule has 2 fully saturated rings. The van der Waals surface area contributed by atoms with Crippen molar-refractivity contribution in [3.05, 3.63) is 65.5 Å². The van der Waals surface area contributed by atoms with Gasteiger partial charge in [-0.3, -0.25) is 24.5 Å². The van der Waals surface area contributed by atoms with Crippen LogP contribution in [0.15, 0.2) is 48.8 Å². The molecule has 0 radical (unpaired) electrons. The second-order valence-corrected chi connectivity index (χ2v) is 16.2. The zero-order chi connectivity index (χ0) is 44.0. The quantitative estimate of drug-likeness (QED) is 0.0836. The lowest BCUT2D eigenvalue weighted by Crippen LogP contribution is -2.55. The van der Waals surface area contributed by atoms with Crippen LogP contribution in [-0.4, -0.2) is 118 Å². The number of hydrogen-bond donors (Lipinski definition) is 3. The van der Waals surface area contributed by atoms with Gasteiger partial charge >= 0.3 is 0 Å². The number of nitrogens with zero attached hydrogens (tertiary/aromatic N) is 8. The van der Waals surface area contributed by atoms with E-state index in [-0.39, 0.29) is 48.8 Å². The minimum atomic E-state index is -0.678. The van der Waals surface area contributed by atoms with E-state index in [1.807, 2.05) is 37.4 Å². The van der Waals surface area contributed by atoms with Gasteiger partial charge in [-0.05, 0) is 55.5 Å². The summed E-state index contributed by atoms with van der Waals surface area (Å²) in [4.78, 5) is 65.3. The number of nitrogens with one attached hydrogen (secondary N) is 2. The maximum Gasteiger partial charge on any atom is 0.255 e. The van der Waals surface area contributed by atoms with Crippen molar-refractivity contribution in [2.45, 2.75) is 95.5 Å². The molecule has 330 valence electrons. The molecule has 1 saturated carbocycles. The van der Waals surface area contributed by atoms with Gasteiger partial charge in [0.15, 0.2) is 5.82 Å². The summed E-state index contributed by atoms with van der Waals surface area (Å²) in [6, 6.07) is 10.1. The van der Waals surface area contributed by atoms with Crippen LogP contribution in [0.2, 0.25) is 0 Å². The maximum absolute atomic E-state index is 13.3. The van der Waals surface area contributed by atoms with Crippen LogP contribution in [0.3, 0.4) is 0 Å². The summed E-state index contributed by atoms with van der Waals surface area (Å²) in [6.45, 7) is 4.25. The van der Waals surface area contributed by atoms with Crippen LogP contribution in [0, 0.1) is 11.8 Å². The second-order valence-electron chi connectivity index (χ2n) is 16.2. The number of aromatic nitrogens is 5. The van der Waals surface area contributed by atoms with Crippen molar-refractivity contribution in [1.82, 2.24) is 35.2 Å². The number of methoxy groups -OCH3 is 1. The van der Waals surface area contributed by atoms with E-state index in [2.05, 4.69) is 42.7 Å². The molecule has 1 unspecified atom stereocenters. The Balaban J connectivity index is 0.776. The highest BCUT2D eigenvalue weighted by atomic mass is 16.5. The number of likely N-dealkylation sites (N-methyl/N-ethyl adjacent to an activating group) is 1. The van der Waals surface area contributed by atoms with Crippen molar-refractivity contribution in [1.29, 1.82) is 0 Å². The fourth-order valence-electron chi connectivity index (χ4n) is 8.71. The van der Waals surface area contributed by atoms with E-state index in [4.69, 9.17) is 24.9 Å². The smallest absolute Gasteiger partial charge is 0.255 e. The number of carbonyl (C=O) groups is 4. The molecule has 1 aliphatic carbocycles. The van der Waals surface area contributed by atoms with E-state index < -0.39 is 11.9 Å². The predicted octanol–water partition coefficient (Wildman–Crippen LogP) is 3.55. The third-order valence-electron chi connectivity index (χ3n) is 12.0. The van der Waals surface area contributed by atoms with Gasteiger partial charge in [0, 0.05) is 55.2 Å². The number of amides is 4. The molecule has 4 amide bonds. The van der Waals surface area contributed by atoms with Crippen molar-refractivity contribution < 1.29 is 33.4 Å². The standard InChI is InChI=1S/C45H53N11O7/c1-4-36-44(60)53(2)38-24-47-45(50-41(38)56(36)31-12-5-6-13-31)48-34-16-15-29(23-39(34)61-3)35-26-54(52-51-35)19-20-62-21-22-63-27-30(46)11-7-9-28-10-8-14-32-33(28)25-55(43(32)59)37-17-18-40(57)49-42(37)58/h8,10,14-16,23-24,26,30-31,36-37H,4-6,11-13,17-22,25,27,46H2,1-3H3,(H,47,48,50)(H,49,57,58)/t30-,36+,37?/m0/s1. The molecule has 0 bridgehead atoms. The molecule has 4 aromatic rings. The summed E-state index contributed by atoms with van der Waals surface area (Å²) in [5.41, 5.74) is 11.2. The molecule has 2 aromatic heterocycles. The Labute approximate surface area is 365 Å². The lowest BCUT2D eigenvalue weighted by atomic mass is 10.0. The van der Waals surface area contributed by atoms with Crippen molar-refractivity contribution >= 4 is 46.8 Å². The lowest BCUT2D eigenvalue weighted by Gasteiger charge is -2.43. The van der Waals surface area contributed by atoms with Crippen molar-refractivity contribution in [3.63, 3.8) is 0 Å². The maximum atomic E-state index is 13.3. The van der Waals surface area contributed by atoms with Gasteiger partial charge in [0.2, 0.25) is 23.7 Å². The van der Waals surface area contributed by atoms with E-state index in [9.17, 15) is 19.2 Å². The first-order valence-corrected chi connectivity index (χ1v) is 21.6. The molecule has 18 nitrogen and oxygen atoms in total. The Hall–Kier alpha value is -6.42. The Bertz CT molecular complexity index is 2420. The van der Waals surface area contributed by atoms with Crippen LogP contribution >= 0.6 is 0 Å². The first-order chi connectivity index (χ1) is 30.6. The molecule has 63 heavy (non-hydrogen) atoms. The number of hydrogen-bond acceptors (Lipinski definition) is 14. The highest BCUT2D eigenvalue weighted by Crippen LogP contribution is 2.41. The molecule has 8 rings (SSSR count). The van der Waals surface area contributed by atoms with Gasteiger partial charge in [-0.2, -0.15) is 4.98 Å². The Morgan fingerprint density at radius 2 is 1.87 bits per heavy atom. The summed E-state index contributed by atoms with van der Waals surface area (Å²) in [6.07, 6.45) is 9.54. The average Bonchev–Trinajstić information content (AvgIpc) is 4.07. The van der Waals surface area contributed by atoms with Gasteiger partial charge < -0.3 is 40.0 Å². The van der Waals surface area contributed by atoms with E-state index in [1.165, 1.54) is 4.90 Å². The number of ether oxygens (including phenoxy) is 3. The third kappa shape index (κ3) is 9.36. The van der Waals surface area contributed by atoms with Gasteiger partial charge in [-0.15, -0.1) is 5.10 Å². The summed E-state index contributed by atoms with van der Waals surface area (Å²) in [5, 5.41) is 14.3. The number of piperidine rings is 1. The van der Waals surface area contributed by atoms with Crippen LogP contribution in [-0.2, 0) is 36.9 Å². The molecule has 4 N–H and O–H groups in total. The molecule has 0 spiro atoms. The van der Waals surface area contributed by atoms with Gasteiger partial charge in [0.1, 0.15) is 29.2 Å². The molecule has 3 aliphatic heterocycles.